The standard InChI is InChI=1S/C25H18F3N5O/c26-14-5-13(6-15(27)8-14)23(34)20-7-12-1-4-17(22(28)18(12)9-30-20)19-10-33(16-2-3-16)25-21(19)24(29)31-11-32-25/h1,4-11,16,23,34H,2-3H2,(H2,29,31,32). The number of nitrogens with zero attached hydrogens (tertiary/aromatic N) is 4. The molecule has 0 amide bonds. The number of nitrogens with two attached hydrogens (primary N) is 1. The Bertz CT molecular complexity index is 1580. The molecule has 0 radical (unpaired) electrons. The van der Waals surface area contributed by atoms with Crippen LogP contribution in [0.1, 0.15) is 36.2 Å². The fraction of sp³-hybridized carbons (Fsp3) is 0.160. The monoisotopic (exact) mass is 461 g/mol. The van der Waals surface area contributed by atoms with Gasteiger partial charge in [0.25, 0.3) is 0 Å². The molecule has 1 aliphatic carbocycles. The van der Waals surface area contributed by atoms with E-state index >= 15 is 4.39 Å². The van der Waals surface area contributed by atoms with Crippen LogP contribution in [0.5, 0.6) is 0 Å². The first-order valence-electron chi connectivity index (χ1n) is 10.7. The summed E-state index contributed by atoms with van der Waals surface area (Å²) in [4.78, 5) is 12.6. The Balaban J connectivity index is 1.46. The smallest absolute Gasteiger partial charge is 0.146 e. The van der Waals surface area contributed by atoms with Crippen molar-refractivity contribution in [3.8, 4) is 11.1 Å². The third kappa shape index (κ3) is 3.28. The molecule has 9 heteroatoms. The summed E-state index contributed by atoms with van der Waals surface area (Å²) in [5, 5.41) is 11.9. The number of hydrogen-bond acceptors (Lipinski definition) is 5. The minimum absolute atomic E-state index is 0.0183. The predicted octanol–water partition coefficient (Wildman–Crippen LogP) is 5.06. The number of benzene rings is 2. The number of halogens is 3. The van der Waals surface area contributed by atoms with Crippen LogP contribution in [0.25, 0.3) is 32.9 Å². The summed E-state index contributed by atoms with van der Waals surface area (Å²) < 4.78 is 44.9. The van der Waals surface area contributed by atoms with Gasteiger partial charge in [-0.3, -0.25) is 4.98 Å². The van der Waals surface area contributed by atoms with Crippen LogP contribution < -0.4 is 5.73 Å². The molecule has 0 aliphatic heterocycles. The highest BCUT2D eigenvalue weighted by molar-refractivity contribution is 6.02. The second kappa shape index (κ2) is 7.53. The molecule has 2 aromatic carbocycles. The molecule has 6 nitrogen and oxygen atoms in total. The molecule has 0 bridgehead atoms. The molecule has 3 aromatic heterocycles. The zero-order valence-corrected chi connectivity index (χ0v) is 17.7. The molecule has 3 N–H and O–H groups in total. The third-order valence-corrected chi connectivity index (χ3v) is 6.21. The van der Waals surface area contributed by atoms with Crippen molar-refractivity contribution in [2.75, 3.05) is 5.73 Å². The van der Waals surface area contributed by atoms with Gasteiger partial charge in [0.2, 0.25) is 0 Å². The summed E-state index contributed by atoms with van der Waals surface area (Å²) in [6, 6.07) is 7.94. The molecule has 170 valence electrons. The fourth-order valence-corrected chi connectivity index (χ4v) is 4.41. The van der Waals surface area contributed by atoms with Crippen LogP contribution in [0.15, 0.2) is 55.1 Å². The lowest BCUT2D eigenvalue weighted by Gasteiger charge is -2.13. The minimum Gasteiger partial charge on any atom is -0.383 e. The number of rotatable bonds is 4. The molecule has 5 aromatic rings. The van der Waals surface area contributed by atoms with Gasteiger partial charge in [0.1, 0.15) is 41.3 Å². The van der Waals surface area contributed by atoms with Crippen molar-refractivity contribution in [2.45, 2.75) is 25.0 Å². The number of aromatic nitrogens is 4. The average Bonchev–Trinajstić information content (AvgIpc) is 3.58. The fourth-order valence-electron chi connectivity index (χ4n) is 4.41. The van der Waals surface area contributed by atoms with Gasteiger partial charge in [-0.25, -0.2) is 23.1 Å². The quantitative estimate of drug-likeness (QED) is 0.390. The highest BCUT2D eigenvalue weighted by atomic mass is 19.1. The lowest BCUT2D eigenvalue weighted by atomic mass is 9.99. The van der Waals surface area contributed by atoms with E-state index in [0.717, 1.165) is 31.0 Å². The van der Waals surface area contributed by atoms with Gasteiger partial charge in [0.15, 0.2) is 0 Å². The van der Waals surface area contributed by atoms with E-state index in [2.05, 4.69) is 15.0 Å². The highest BCUT2D eigenvalue weighted by Crippen LogP contribution is 2.43. The van der Waals surface area contributed by atoms with Gasteiger partial charge < -0.3 is 15.4 Å². The van der Waals surface area contributed by atoms with Crippen molar-refractivity contribution in [3.63, 3.8) is 0 Å². The molecule has 3 heterocycles. The van der Waals surface area contributed by atoms with Crippen LogP contribution in [0.2, 0.25) is 0 Å². The Morgan fingerprint density at radius 1 is 0.971 bits per heavy atom. The maximum absolute atomic E-state index is 15.7. The van der Waals surface area contributed by atoms with Gasteiger partial charge in [0.05, 0.1) is 11.1 Å². The second-order valence-electron chi connectivity index (χ2n) is 8.50. The lowest BCUT2D eigenvalue weighted by molar-refractivity contribution is 0.214. The van der Waals surface area contributed by atoms with Crippen molar-refractivity contribution in [3.05, 3.63) is 83.8 Å². The number of fused-ring (bicyclic) bond motifs is 2. The first-order valence-corrected chi connectivity index (χ1v) is 10.7. The van der Waals surface area contributed by atoms with Crippen LogP contribution in [0.4, 0.5) is 19.0 Å². The van der Waals surface area contributed by atoms with Crippen LogP contribution in [-0.4, -0.2) is 24.6 Å². The van der Waals surface area contributed by atoms with Crippen LogP contribution in [-0.2, 0) is 0 Å². The number of hydrogen-bond donors (Lipinski definition) is 2. The van der Waals surface area contributed by atoms with Crippen molar-refractivity contribution in [1.29, 1.82) is 0 Å². The van der Waals surface area contributed by atoms with E-state index in [-0.39, 0.29) is 22.5 Å². The van der Waals surface area contributed by atoms with Gasteiger partial charge in [-0.1, -0.05) is 12.1 Å². The number of nitrogen functional groups attached to an aromatic ring is 1. The van der Waals surface area contributed by atoms with Gasteiger partial charge in [0, 0.05) is 41.0 Å². The minimum atomic E-state index is -1.37. The summed E-state index contributed by atoms with van der Waals surface area (Å²) in [5.74, 6) is -1.84. The summed E-state index contributed by atoms with van der Waals surface area (Å²) in [6.07, 6.45) is 5.25. The number of aliphatic hydroxyl groups excluding tert-OH is 1. The van der Waals surface area contributed by atoms with E-state index in [1.807, 2.05) is 10.8 Å². The molecule has 0 saturated heterocycles. The number of aliphatic hydroxyl groups is 1. The Labute approximate surface area is 191 Å². The van der Waals surface area contributed by atoms with E-state index in [1.165, 1.54) is 18.6 Å². The third-order valence-electron chi connectivity index (χ3n) is 6.21. The Morgan fingerprint density at radius 3 is 2.47 bits per heavy atom. The SMILES string of the molecule is Nc1ncnc2c1c(-c1ccc3cc(C(O)c4cc(F)cc(F)c4)ncc3c1F)cn2C1CC1. The molecule has 1 fully saturated rings. The van der Waals surface area contributed by atoms with Crippen molar-refractivity contribution in [2.24, 2.45) is 0 Å². The van der Waals surface area contributed by atoms with E-state index in [1.54, 1.807) is 12.1 Å². The first kappa shape index (κ1) is 20.6. The highest BCUT2D eigenvalue weighted by Gasteiger charge is 2.28. The molecule has 1 unspecified atom stereocenters. The maximum atomic E-state index is 15.7. The molecule has 1 atom stereocenters. The lowest BCUT2D eigenvalue weighted by Crippen LogP contribution is -2.04. The van der Waals surface area contributed by atoms with Gasteiger partial charge in [-0.2, -0.15) is 0 Å². The van der Waals surface area contributed by atoms with E-state index in [0.29, 0.717) is 33.6 Å². The van der Waals surface area contributed by atoms with Gasteiger partial charge in [-0.15, -0.1) is 0 Å². The van der Waals surface area contributed by atoms with E-state index in [4.69, 9.17) is 5.73 Å². The first-order chi connectivity index (χ1) is 16.4. The maximum Gasteiger partial charge on any atom is 0.146 e. The summed E-state index contributed by atoms with van der Waals surface area (Å²) in [7, 11) is 0. The summed E-state index contributed by atoms with van der Waals surface area (Å²) >= 11 is 0. The zero-order valence-electron chi connectivity index (χ0n) is 17.7. The Morgan fingerprint density at radius 2 is 1.74 bits per heavy atom. The number of pyridine rings is 1. The predicted molar refractivity (Wildman–Crippen MR) is 121 cm³/mol. The van der Waals surface area contributed by atoms with E-state index < -0.39 is 23.6 Å². The Hall–Kier alpha value is -3.98. The average molecular weight is 461 g/mol. The summed E-state index contributed by atoms with van der Waals surface area (Å²) in [5.41, 5.74) is 7.90. The van der Waals surface area contributed by atoms with Gasteiger partial charge >= 0.3 is 0 Å². The molecular weight excluding hydrogens is 443 g/mol. The molecule has 6 rings (SSSR count). The van der Waals surface area contributed by atoms with Gasteiger partial charge in [-0.05, 0) is 42.0 Å². The van der Waals surface area contributed by atoms with E-state index in [9.17, 15) is 13.9 Å². The molecule has 0 spiro atoms. The number of anilines is 1. The molecule has 34 heavy (non-hydrogen) atoms. The molecular formula is C25H18F3N5O. The molecule has 1 saturated carbocycles. The topological polar surface area (TPSA) is 89.8 Å². The van der Waals surface area contributed by atoms with Crippen molar-refractivity contribution in [1.82, 2.24) is 19.5 Å². The normalized spacial score (nSPS) is 14.7. The van der Waals surface area contributed by atoms with Crippen molar-refractivity contribution < 1.29 is 18.3 Å². The van der Waals surface area contributed by atoms with Crippen LogP contribution in [0.3, 0.4) is 0 Å². The van der Waals surface area contributed by atoms with Crippen molar-refractivity contribution >= 4 is 27.6 Å². The molecule has 1 aliphatic rings. The van der Waals surface area contributed by atoms with Crippen LogP contribution >= 0.6 is 0 Å². The largest absolute Gasteiger partial charge is 0.383 e. The summed E-state index contributed by atoms with van der Waals surface area (Å²) in [6.45, 7) is 0. The zero-order chi connectivity index (χ0) is 23.6. The Kier molecular flexibility index (Phi) is 4.56. The van der Waals surface area contributed by atoms with Crippen LogP contribution in [0, 0.1) is 17.5 Å². The second-order valence-corrected chi connectivity index (χ2v) is 8.50.